The number of aliphatic hydroxyl groups is 1. The van der Waals surface area contributed by atoms with Crippen molar-refractivity contribution in [3.63, 3.8) is 0 Å². The van der Waals surface area contributed by atoms with E-state index < -0.39 is 5.60 Å². The van der Waals surface area contributed by atoms with Gasteiger partial charge in [0.05, 0.1) is 10.1 Å². The van der Waals surface area contributed by atoms with Crippen LogP contribution in [0.4, 0.5) is 0 Å². The Morgan fingerprint density at radius 2 is 2.18 bits per heavy atom. The Labute approximate surface area is 109 Å². The van der Waals surface area contributed by atoms with Gasteiger partial charge in [0, 0.05) is 6.42 Å². The van der Waals surface area contributed by atoms with Gasteiger partial charge in [0.15, 0.2) is 11.5 Å². The summed E-state index contributed by atoms with van der Waals surface area (Å²) in [6, 6.07) is 2.02. The van der Waals surface area contributed by atoms with Crippen molar-refractivity contribution in [1.82, 2.24) is 0 Å². The van der Waals surface area contributed by atoms with E-state index in [0.29, 0.717) is 6.42 Å². The van der Waals surface area contributed by atoms with Crippen LogP contribution < -0.4 is 9.47 Å². The lowest BCUT2D eigenvalue weighted by Crippen LogP contribution is -2.12. The van der Waals surface area contributed by atoms with Crippen molar-refractivity contribution in [3.8, 4) is 11.5 Å². The Hall–Kier alpha value is -0.740. The molecular formula is C13H15BrO3. The van der Waals surface area contributed by atoms with Crippen LogP contribution in [0.2, 0.25) is 0 Å². The second kappa shape index (κ2) is 3.89. The molecule has 0 radical (unpaired) electrons. The van der Waals surface area contributed by atoms with Crippen molar-refractivity contribution in [2.75, 3.05) is 6.79 Å². The summed E-state index contributed by atoms with van der Waals surface area (Å²) in [5.41, 5.74) is 1.91. The third kappa shape index (κ3) is 1.93. The normalized spacial score (nSPS) is 19.5. The SMILES string of the molecule is CCc1c(CC2(O)CC2)cc2c(c1Br)OCO2. The number of fused-ring (bicyclic) bond motifs is 1. The molecule has 17 heavy (non-hydrogen) atoms. The molecule has 1 aliphatic heterocycles. The van der Waals surface area contributed by atoms with Crippen molar-refractivity contribution in [2.24, 2.45) is 0 Å². The number of rotatable bonds is 3. The molecule has 3 nitrogen and oxygen atoms in total. The molecule has 2 aliphatic rings. The molecule has 0 amide bonds. The van der Waals surface area contributed by atoms with E-state index in [4.69, 9.17) is 9.47 Å². The molecule has 0 atom stereocenters. The highest BCUT2D eigenvalue weighted by Gasteiger charge is 2.41. The first-order chi connectivity index (χ1) is 8.13. The Kier molecular flexibility index (Phi) is 2.60. The molecule has 0 saturated heterocycles. The predicted octanol–water partition coefficient (Wildman–Crippen LogP) is 2.81. The number of hydrogen-bond donors (Lipinski definition) is 1. The van der Waals surface area contributed by atoms with E-state index in [1.807, 2.05) is 6.07 Å². The molecular weight excluding hydrogens is 284 g/mol. The summed E-state index contributed by atoms with van der Waals surface area (Å²) in [7, 11) is 0. The molecule has 0 spiro atoms. The maximum atomic E-state index is 10.1. The van der Waals surface area contributed by atoms with Crippen LogP contribution in [0, 0.1) is 0 Å². The number of ether oxygens (including phenoxy) is 2. The van der Waals surface area contributed by atoms with Gasteiger partial charge in [-0.05, 0) is 52.4 Å². The molecule has 92 valence electrons. The molecule has 1 aliphatic carbocycles. The second-order valence-corrected chi connectivity index (χ2v) is 5.61. The van der Waals surface area contributed by atoms with Gasteiger partial charge in [-0.3, -0.25) is 0 Å². The van der Waals surface area contributed by atoms with E-state index in [-0.39, 0.29) is 6.79 Å². The minimum atomic E-state index is -0.475. The molecule has 1 saturated carbocycles. The average Bonchev–Trinajstić information content (AvgIpc) is 2.83. The smallest absolute Gasteiger partial charge is 0.231 e. The molecule has 3 rings (SSSR count). The molecule has 1 N–H and O–H groups in total. The van der Waals surface area contributed by atoms with Gasteiger partial charge in [-0.15, -0.1) is 0 Å². The van der Waals surface area contributed by atoms with Gasteiger partial charge < -0.3 is 14.6 Å². The summed E-state index contributed by atoms with van der Waals surface area (Å²) in [6.45, 7) is 2.40. The maximum Gasteiger partial charge on any atom is 0.231 e. The van der Waals surface area contributed by atoms with Crippen molar-refractivity contribution in [3.05, 3.63) is 21.7 Å². The van der Waals surface area contributed by atoms with Gasteiger partial charge in [0.25, 0.3) is 0 Å². The monoisotopic (exact) mass is 298 g/mol. The van der Waals surface area contributed by atoms with Crippen molar-refractivity contribution >= 4 is 15.9 Å². The average molecular weight is 299 g/mol. The standard InChI is InChI=1S/C13H15BrO3/c1-2-9-8(6-13(15)3-4-13)5-10-12(11(9)14)17-7-16-10/h5,15H,2-4,6-7H2,1H3. The molecule has 0 bridgehead atoms. The van der Waals surface area contributed by atoms with Crippen LogP contribution >= 0.6 is 15.9 Å². The van der Waals surface area contributed by atoms with Crippen LogP contribution in [-0.2, 0) is 12.8 Å². The van der Waals surface area contributed by atoms with Crippen LogP contribution in [0.15, 0.2) is 10.5 Å². The fourth-order valence-corrected chi connectivity index (χ4v) is 3.15. The lowest BCUT2D eigenvalue weighted by molar-refractivity contribution is 0.150. The maximum absolute atomic E-state index is 10.1. The largest absolute Gasteiger partial charge is 0.454 e. The summed E-state index contributed by atoms with van der Waals surface area (Å²) in [6.07, 6.45) is 3.44. The van der Waals surface area contributed by atoms with E-state index in [2.05, 4.69) is 22.9 Å². The predicted molar refractivity (Wildman–Crippen MR) is 67.5 cm³/mol. The third-order valence-electron chi connectivity index (χ3n) is 3.50. The van der Waals surface area contributed by atoms with Crippen LogP contribution in [0.5, 0.6) is 11.5 Å². The Morgan fingerprint density at radius 1 is 1.41 bits per heavy atom. The Balaban J connectivity index is 2.04. The summed E-state index contributed by atoms with van der Waals surface area (Å²) in [5.74, 6) is 1.58. The molecule has 1 aromatic carbocycles. The van der Waals surface area contributed by atoms with Gasteiger partial charge in [0.1, 0.15) is 0 Å². The highest BCUT2D eigenvalue weighted by atomic mass is 79.9. The van der Waals surface area contributed by atoms with Crippen LogP contribution in [-0.4, -0.2) is 17.5 Å². The minimum Gasteiger partial charge on any atom is -0.454 e. The molecule has 1 fully saturated rings. The summed E-state index contributed by atoms with van der Waals surface area (Å²) >= 11 is 3.58. The molecule has 1 heterocycles. The lowest BCUT2D eigenvalue weighted by atomic mass is 9.98. The summed E-state index contributed by atoms with van der Waals surface area (Å²) < 4.78 is 11.8. The third-order valence-corrected chi connectivity index (χ3v) is 4.34. The zero-order valence-corrected chi connectivity index (χ0v) is 11.3. The fourth-order valence-electron chi connectivity index (χ4n) is 2.31. The van der Waals surface area contributed by atoms with E-state index in [9.17, 15) is 5.11 Å². The Morgan fingerprint density at radius 3 is 2.82 bits per heavy atom. The highest BCUT2D eigenvalue weighted by molar-refractivity contribution is 9.10. The number of benzene rings is 1. The molecule has 1 aromatic rings. The Bertz CT molecular complexity index is 466. The quantitative estimate of drug-likeness (QED) is 0.933. The number of halogens is 1. The fraction of sp³-hybridized carbons (Fsp3) is 0.538. The van der Waals surface area contributed by atoms with E-state index in [1.165, 1.54) is 11.1 Å². The minimum absolute atomic E-state index is 0.283. The topological polar surface area (TPSA) is 38.7 Å². The van der Waals surface area contributed by atoms with Crippen LogP contribution in [0.1, 0.15) is 30.9 Å². The first-order valence-electron chi connectivity index (χ1n) is 5.95. The van der Waals surface area contributed by atoms with E-state index >= 15 is 0 Å². The van der Waals surface area contributed by atoms with Crippen molar-refractivity contribution in [2.45, 2.75) is 38.2 Å². The molecule has 4 heteroatoms. The molecule has 0 unspecified atom stereocenters. The zero-order valence-electron chi connectivity index (χ0n) is 9.75. The zero-order chi connectivity index (χ0) is 12.0. The number of hydrogen-bond acceptors (Lipinski definition) is 3. The second-order valence-electron chi connectivity index (χ2n) is 4.82. The van der Waals surface area contributed by atoms with Gasteiger partial charge >= 0.3 is 0 Å². The van der Waals surface area contributed by atoms with E-state index in [1.54, 1.807) is 0 Å². The van der Waals surface area contributed by atoms with Crippen molar-refractivity contribution < 1.29 is 14.6 Å². The lowest BCUT2D eigenvalue weighted by Gasteiger charge is -2.15. The van der Waals surface area contributed by atoms with E-state index in [0.717, 1.165) is 35.2 Å². The first kappa shape index (κ1) is 11.4. The van der Waals surface area contributed by atoms with Crippen LogP contribution in [0.3, 0.4) is 0 Å². The van der Waals surface area contributed by atoms with Gasteiger partial charge in [-0.2, -0.15) is 0 Å². The first-order valence-corrected chi connectivity index (χ1v) is 6.74. The summed E-state index contributed by atoms with van der Waals surface area (Å²) in [4.78, 5) is 0. The highest BCUT2D eigenvalue weighted by Crippen LogP contribution is 2.46. The van der Waals surface area contributed by atoms with Crippen molar-refractivity contribution in [1.29, 1.82) is 0 Å². The molecule has 0 aromatic heterocycles. The van der Waals surface area contributed by atoms with Gasteiger partial charge in [-0.25, -0.2) is 0 Å². The van der Waals surface area contributed by atoms with Gasteiger partial charge in [-0.1, -0.05) is 6.92 Å². The summed E-state index contributed by atoms with van der Waals surface area (Å²) in [5, 5.41) is 10.1. The van der Waals surface area contributed by atoms with Crippen LogP contribution in [0.25, 0.3) is 0 Å². The van der Waals surface area contributed by atoms with Gasteiger partial charge in [0.2, 0.25) is 6.79 Å².